The molecule has 0 fully saturated rings. The fourth-order valence-electron chi connectivity index (χ4n) is 1.55. The summed E-state index contributed by atoms with van der Waals surface area (Å²) in [4.78, 5) is 13.8. The third kappa shape index (κ3) is 2.73. The van der Waals surface area contributed by atoms with Crippen LogP contribution in [0, 0.1) is 0 Å². The summed E-state index contributed by atoms with van der Waals surface area (Å²) in [5, 5.41) is 3.24. The number of pyridine rings is 1. The number of H-pyrrole nitrogens is 1. The van der Waals surface area contributed by atoms with Gasteiger partial charge in [-0.15, -0.1) is 12.4 Å². The van der Waals surface area contributed by atoms with E-state index in [1.54, 1.807) is 6.07 Å². The van der Waals surface area contributed by atoms with Gasteiger partial charge in [0, 0.05) is 19.2 Å². The summed E-state index contributed by atoms with van der Waals surface area (Å²) < 4.78 is 5.73. The van der Waals surface area contributed by atoms with Crippen molar-refractivity contribution in [3.63, 3.8) is 0 Å². The second-order valence-electron chi connectivity index (χ2n) is 3.44. The zero-order valence-electron chi connectivity index (χ0n) is 8.58. The summed E-state index contributed by atoms with van der Waals surface area (Å²) in [6.45, 7) is 3.58. The number of hydrogen-bond donors (Lipinski definition) is 2. The molecule has 1 aromatic rings. The maximum absolute atomic E-state index is 11.1. The molecule has 2 rings (SSSR count). The van der Waals surface area contributed by atoms with Crippen molar-refractivity contribution in [3.8, 4) is 5.75 Å². The highest BCUT2D eigenvalue weighted by molar-refractivity contribution is 5.85. The van der Waals surface area contributed by atoms with E-state index in [0.717, 1.165) is 24.4 Å². The second-order valence-corrected chi connectivity index (χ2v) is 3.44. The molecule has 2 heterocycles. The Labute approximate surface area is 94.4 Å². The van der Waals surface area contributed by atoms with Gasteiger partial charge in [-0.3, -0.25) is 4.79 Å². The molecule has 0 amide bonds. The highest BCUT2D eigenvalue weighted by atomic mass is 35.5. The molecule has 0 spiro atoms. The molecule has 1 aliphatic heterocycles. The van der Waals surface area contributed by atoms with Crippen molar-refractivity contribution < 1.29 is 4.74 Å². The lowest BCUT2D eigenvalue weighted by Crippen LogP contribution is -2.27. The van der Waals surface area contributed by atoms with Crippen LogP contribution in [0.5, 0.6) is 5.75 Å². The lowest BCUT2D eigenvalue weighted by molar-refractivity contribution is 0.201. The van der Waals surface area contributed by atoms with Crippen LogP contribution >= 0.6 is 12.4 Å². The molecule has 2 N–H and O–H groups in total. The highest BCUT2D eigenvalue weighted by Gasteiger charge is 2.15. The zero-order chi connectivity index (χ0) is 9.97. The molecule has 84 valence electrons. The maximum atomic E-state index is 11.1. The minimum atomic E-state index is -0.0795. The van der Waals surface area contributed by atoms with Gasteiger partial charge in [-0.05, 0) is 12.5 Å². The molecular weight excluding hydrogens is 216 g/mol. The van der Waals surface area contributed by atoms with Gasteiger partial charge < -0.3 is 15.0 Å². The van der Waals surface area contributed by atoms with E-state index in [1.165, 1.54) is 6.07 Å². The lowest BCUT2D eigenvalue weighted by Gasteiger charge is -2.14. The van der Waals surface area contributed by atoms with Crippen molar-refractivity contribution in [3.05, 3.63) is 28.2 Å². The van der Waals surface area contributed by atoms with Crippen molar-refractivity contribution in [2.45, 2.75) is 26.0 Å². The Kier molecular flexibility index (Phi) is 4.17. The van der Waals surface area contributed by atoms with Gasteiger partial charge in [-0.2, -0.15) is 0 Å². The van der Waals surface area contributed by atoms with Gasteiger partial charge in [0.2, 0.25) is 5.56 Å². The third-order valence-corrected chi connectivity index (χ3v) is 2.38. The molecule has 15 heavy (non-hydrogen) atoms. The van der Waals surface area contributed by atoms with Gasteiger partial charge in [0.15, 0.2) is 0 Å². The number of hydrogen-bond acceptors (Lipinski definition) is 3. The smallest absolute Gasteiger partial charge is 0.248 e. The van der Waals surface area contributed by atoms with E-state index in [-0.39, 0.29) is 24.1 Å². The zero-order valence-corrected chi connectivity index (χ0v) is 9.39. The minimum absolute atomic E-state index is 0. The van der Waals surface area contributed by atoms with Crippen LogP contribution in [0.1, 0.15) is 19.0 Å². The second kappa shape index (κ2) is 5.19. The summed E-state index contributed by atoms with van der Waals surface area (Å²) in [6, 6.07) is 3.24. The van der Waals surface area contributed by atoms with Crippen molar-refractivity contribution in [1.82, 2.24) is 10.3 Å². The van der Waals surface area contributed by atoms with Gasteiger partial charge >= 0.3 is 0 Å². The van der Waals surface area contributed by atoms with Crippen LogP contribution in [0.4, 0.5) is 0 Å². The van der Waals surface area contributed by atoms with E-state index < -0.39 is 0 Å². The number of aromatic amines is 1. The van der Waals surface area contributed by atoms with Crippen LogP contribution in [0.15, 0.2) is 16.9 Å². The van der Waals surface area contributed by atoms with E-state index >= 15 is 0 Å². The summed E-state index contributed by atoms with van der Waals surface area (Å²) in [5.74, 6) is 0.793. The molecule has 1 atom stereocenters. The van der Waals surface area contributed by atoms with E-state index in [9.17, 15) is 4.79 Å². The predicted molar refractivity (Wildman–Crippen MR) is 60.7 cm³/mol. The number of ether oxygens (including phenoxy) is 1. The molecule has 5 heteroatoms. The van der Waals surface area contributed by atoms with Gasteiger partial charge in [-0.25, -0.2) is 0 Å². The van der Waals surface area contributed by atoms with Gasteiger partial charge in [0.25, 0.3) is 0 Å². The Morgan fingerprint density at radius 2 is 2.33 bits per heavy atom. The van der Waals surface area contributed by atoms with Crippen molar-refractivity contribution in [2.75, 3.05) is 6.54 Å². The van der Waals surface area contributed by atoms with E-state index in [4.69, 9.17) is 4.74 Å². The molecule has 0 unspecified atom stereocenters. The van der Waals surface area contributed by atoms with Crippen molar-refractivity contribution in [2.24, 2.45) is 0 Å². The fraction of sp³-hybridized carbons (Fsp3) is 0.500. The average molecular weight is 231 g/mol. The molecule has 4 nitrogen and oxygen atoms in total. The SMILES string of the molecule is CC[C@H]1CNCc2[nH]c(=O)ccc2O1.Cl. The molecular formula is C10H15ClN2O2. The van der Waals surface area contributed by atoms with Crippen molar-refractivity contribution >= 4 is 12.4 Å². The Bertz CT molecular complexity index is 378. The standard InChI is InChI=1S/C10H14N2O2.ClH/c1-2-7-5-11-6-8-9(14-7)3-4-10(13)12-8;/h3-4,7,11H,2,5-6H2,1H3,(H,12,13);1H/t7-;/m0./s1. The van der Waals surface area contributed by atoms with E-state index in [1.807, 2.05) is 0 Å². The number of rotatable bonds is 1. The number of fused-ring (bicyclic) bond motifs is 1. The molecule has 0 radical (unpaired) electrons. The van der Waals surface area contributed by atoms with E-state index in [2.05, 4.69) is 17.2 Å². The Balaban J connectivity index is 0.00000112. The van der Waals surface area contributed by atoms with Crippen molar-refractivity contribution in [1.29, 1.82) is 0 Å². The molecule has 0 saturated heterocycles. The topological polar surface area (TPSA) is 54.1 Å². The molecule has 1 aliphatic rings. The lowest BCUT2D eigenvalue weighted by atomic mass is 10.3. The summed E-state index contributed by atoms with van der Waals surface area (Å²) in [7, 11) is 0. The monoisotopic (exact) mass is 230 g/mol. The van der Waals surface area contributed by atoms with Crippen LogP contribution in [-0.2, 0) is 6.54 Å². The van der Waals surface area contributed by atoms with E-state index in [0.29, 0.717) is 6.54 Å². The van der Waals surface area contributed by atoms with Crippen LogP contribution in [0.25, 0.3) is 0 Å². The molecule has 0 aromatic carbocycles. The third-order valence-electron chi connectivity index (χ3n) is 2.38. The molecule has 0 bridgehead atoms. The number of halogens is 1. The first-order valence-electron chi connectivity index (χ1n) is 4.89. The average Bonchev–Trinajstić information content (AvgIpc) is 2.38. The van der Waals surface area contributed by atoms with Crippen LogP contribution in [-0.4, -0.2) is 17.6 Å². The highest BCUT2D eigenvalue weighted by Crippen LogP contribution is 2.18. The first kappa shape index (κ1) is 12.1. The van der Waals surface area contributed by atoms with Gasteiger partial charge in [0.1, 0.15) is 11.9 Å². The summed E-state index contributed by atoms with van der Waals surface area (Å²) in [5.41, 5.74) is 0.762. The quantitative estimate of drug-likeness (QED) is 0.759. The minimum Gasteiger partial charge on any atom is -0.487 e. The normalized spacial score (nSPS) is 19.4. The fourth-order valence-corrected chi connectivity index (χ4v) is 1.55. The first-order valence-corrected chi connectivity index (χ1v) is 4.89. The molecule has 0 aliphatic carbocycles. The summed E-state index contributed by atoms with van der Waals surface area (Å²) in [6.07, 6.45) is 1.16. The Morgan fingerprint density at radius 1 is 1.53 bits per heavy atom. The predicted octanol–water partition coefficient (Wildman–Crippen LogP) is 1.06. The maximum Gasteiger partial charge on any atom is 0.248 e. The summed E-state index contributed by atoms with van der Waals surface area (Å²) >= 11 is 0. The molecule has 0 saturated carbocycles. The van der Waals surface area contributed by atoms with Crippen LogP contribution < -0.4 is 15.6 Å². The van der Waals surface area contributed by atoms with Gasteiger partial charge in [0.05, 0.1) is 5.69 Å². The first-order chi connectivity index (χ1) is 6.79. The molecule has 1 aromatic heterocycles. The van der Waals surface area contributed by atoms with Crippen LogP contribution in [0.3, 0.4) is 0 Å². The van der Waals surface area contributed by atoms with Gasteiger partial charge in [-0.1, -0.05) is 6.92 Å². The number of nitrogens with one attached hydrogen (secondary N) is 2. The Hall–Kier alpha value is -1.000. The number of aromatic nitrogens is 1. The van der Waals surface area contributed by atoms with Crippen LogP contribution in [0.2, 0.25) is 0 Å². The largest absolute Gasteiger partial charge is 0.487 e. The Morgan fingerprint density at radius 3 is 3.07 bits per heavy atom.